The molecule has 8 heteroatoms. The Morgan fingerprint density at radius 2 is 1.81 bits per heavy atom. The highest BCUT2D eigenvalue weighted by Crippen LogP contribution is 1.93. The van der Waals surface area contributed by atoms with Gasteiger partial charge in [0.25, 0.3) is 0 Å². The summed E-state index contributed by atoms with van der Waals surface area (Å²) in [7, 11) is 0. The van der Waals surface area contributed by atoms with Crippen molar-refractivity contribution in [2.24, 2.45) is 0 Å². The van der Waals surface area contributed by atoms with E-state index in [9.17, 15) is 19.2 Å². The van der Waals surface area contributed by atoms with Gasteiger partial charge in [-0.2, -0.15) is 0 Å². The molecule has 1 unspecified atom stereocenters. The van der Waals surface area contributed by atoms with E-state index >= 15 is 0 Å². The molecular formula is C8H11NO7. The summed E-state index contributed by atoms with van der Waals surface area (Å²) in [4.78, 5) is 42.6. The normalized spacial score (nSPS) is 11.3. The van der Waals surface area contributed by atoms with E-state index in [1.165, 1.54) is 6.92 Å². The first-order valence-corrected chi connectivity index (χ1v) is 4.30. The van der Waals surface area contributed by atoms with E-state index in [0.717, 1.165) is 0 Å². The van der Waals surface area contributed by atoms with Gasteiger partial charge in [-0.25, -0.2) is 9.59 Å². The van der Waals surface area contributed by atoms with Crippen molar-refractivity contribution in [1.82, 2.24) is 5.32 Å². The van der Waals surface area contributed by atoms with Gasteiger partial charge in [-0.1, -0.05) is 0 Å². The van der Waals surface area contributed by atoms with Gasteiger partial charge in [0.15, 0.2) is 0 Å². The summed E-state index contributed by atoms with van der Waals surface area (Å²) in [6.07, 6.45) is -0.819. The summed E-state index contributed by atoms with van der Waals surface area (Å²) in [5.41, 5.74) is 0. The van der Waals surface area contributed by atoms with E-state index in [-0.39, 0.29) is 6.61 Å². The molecule has 0 spiro atoms. The highest BCUT2D eigenvalue weighted by atomic mass is 16.5. The molecular weight excluding hydrogens is 222 g/mol. The largest absolute Gasteiger partial charge is 0.481 e. The van der Waals surface area contributed by atoms with Crippen molar-refractivity contribution in [3.63, 3.8) is 0 Å². The van der Waals surface area contributed by atoms with Crippen molar-refractivity contribution in [2.45, 2.75) is 19.4 Å². The molecule has 8 nitrogen and oxygen atoms in total. The Bertz CT molecular complexity index is 312. The maximum absolute atomic E-state index is 11.0. The van der Waals surface area contributed by atoms with E-state index < -0.39 is 36.3 Å². The molecule has 16 heavy (non-hydrogen) atoms. The molecule has 0 aromatic carbocycles. The van der Waals surface area contributed by atoms with Crippen LogP contribution in [0.4, 0.5) is 0 Å². The van der Waals surface area contributed by atoms with Crippen molar-refractivity contribution >= 4 is 23.8 Å². The molecule has 0 fully saturated rings. The molecule has 0 rings (SSSR count). The van der Waals surface area contributed by atoms with Gasteiger partial charge in [0.05, 0.1) is 13.0 Å². The molecule has 0 aliphatic heterocycles. The van der Waals surface area contributed by atoms with Crippen LogP contribution in [0.25, 0.3) is 0 Å². The Morgan fingerprint density at radius 1 is 1.25 bits per heavy atom. The van der Waals surface area contributed by atoms with Crippen LogP contribution in [0, 0.1) is 0 Å². The van der Waals surface area contributed by atoms with E-state index in [0.29, 0.717) is 0 Å². The maximum Gasteiger partial charge on any atom is 0.396 e. The Hall–Kier alpha value is -2.12. The number of carbonyl (C=O) groups excluding carboxylic acids is 2. The van der Waals surface area contributed by atoms with Gasteiger partial charge in [0.2, 0.25) is 0 Å². The monoisotopic (exact) mass is 233 g/mol. The second-order valence-electron chi connectivity index (χ2n) is 2.68. The standard InChI is InChI=1S/C8H11NO7/c1-2-16-8(15)6(12)9-4(7(13)14)3-5(10)11/h4H,2-3H2,1H3,(H,9,12)(H,10,11)(H,13,14). The summed E-state index contributed by atoms with van der Waals surface area (Å²) in [5.74, 6) is -5.48. The number of carbonyl (C=O) groups is 4. The Labute approximate surface area is 90.2 Å². The smallest absolute Gasteiger partial charge is 0.396 e. The molecule has 0 heterocycles. The van der Waals surface area contributed by atoms with Crippen LogP contribution in [0.15, 0.2) is 0 Å². The molecule has 0 bridgehead atoms. The lowest BCUT2D eigenvalue weighted by Crippen LogP contribution is -2.45. The number of rotatable bonds is 5. The van der Waals surface area contributed by atoms with E-state index in [2.05, 4.69) is 4.74 Å². The average molecular weight is 233 g/mol. The molecule has 0 aromatic rings. The fourth-order valence-electron chi connectivity index (χ4n) is 0.789. The predicted molar refractivity (Wildman–Crippen MR) is 48.5 cm³/mol. The van der Waals surface area contributed by atoms with Crippen molar-refractivity contribution < 1.29 is 34.1 Å². The van der Waals surface area contributed by atoms with Gasteiger partial charge in [-0.05, 0) is 6.92 Å². The Kier molecular flexibility index (Phi) is 5.53. The molecule has 0 aromatic heterocycles. The number of hydrogen-bond donors (Lipinski definition) is 3. The van der Waals surface area contributed by atoms with Crippen molar-refractivity contribution in [1.29, 1.82) is 0 Å². The molecule has 0 aliphatic rings. The van der Waals surface area contributed by atoms with E-state index in [1.54, 1.807) is 5.32 Å². The van der Waals surface area contributed by atoms with Crippen LogP contribution in [0.3, 0.4) is 0 Å². The SMILES string of the molecule is CCOC(=O)C(=O)NC(CC(=O)O)C(=O)O. The zero-order chi connectivity index (χ0) is 12.7. The van der Waals surface area contributed by atoms with Gasteiger partial charge in [-0.3, -0.25) is 9.59 Å². The molecule has 0 radical (unpaired) electrons. The van der Waals surface area contributed by atoms with Crippen LogP contribution in [0.1, 0.15) is 13.3 Å². The third kappa shape index (κ3) is 4.94. The van der Waals surface area contributed by atoms with Crippen LogP contribution in [0.5, 0.6) is 0 Å². The number of aliphatic carboxylic acids is 2. The number of esters is 1. The third-order valence-corrected chi connectivity index (χ3v) is 1.44. The maximum atomic E-state index is 11.0. The van der Waals surface area contributed by atoms with Crippen molar-refractivity contribution in [2.75, 3.05) is 6.61 Å². The number of amides is 1. The second-order valence-corrected chi connectivity index (χ2v) is 2.68. The Morgan fingerprint density at radius 3 is 2.19 bits per heavy atom. The minimum absolute atomic E-state index is 0.0388. The van der Waals surface area contributed by atoms with Gasteiger partial charge in [0, 0.05) is 0 Å². The highest BCUT2D eigenvalue weighted by Gasteiger charge is 2.26. The van der Waals surface area contributed by atoms with Crippen LogP contribution in [0.2, 0.25) is 0 Å². The molecule has 0 aliphatic carbocycles. The van der Waals surface area contributed by atoms with Crippen LogP contribution in [-0.4, -0.2) is 46.7 Å². The quantitative estimate of drug-likeness (QED) is 0.393. The van der Waals surface area contributed by atoms with Gasteiger partial charge in [0.1, 0.15) is 6.04 Å². The number of nitrogens with one attached hydrogen (secondary N) is 1. The fourth-order valence-corrected chi connectivity index (χ4v) is 0.789. The zero-order valence-corrected chi connectivity index (χ0v) is 8.43. The highest BCUT2D eigenvalue weighted by molar-refractivity contribution is 6.32. The molecule has 1 atom stereocenters. The predicted octanol–water partition coefficient (Wildman–Crippen LogP) is -1.41. The van der Waals surface area contributed by atoms with Crippen molar-refractivity contribution in [3.8, 4) is 0 Å². The Balaban J connectivity index is 4.40. The lowest BCUT2D eigenvalue weighted by Gasteiger charge is -2.11. The molecule has 90 valence electrons. The average Bonchev–Trinajstić information content (AvgIpc) is 2.16. The first-order valence-electron chi connectivity index (χ1n) is 4.30. The molecule has 0 saturated carbocycles. The lowest BCUT2D eigenvalue weighted by atomic mass is 10.2. The number of carboxylic acid groups (broad SMARTS) is 2. The van der Waals surface area contributed by atoms with Crippen LogP contribution < -0.4 is 5.32 Å². The number of ether oxygens (including phenoxy) is 1. The first-order chi connectivity index (χ1) is 7.38. The summed E-state index contributed by atoms with van der Waals surface area (Å²) in [5, 5.41) is 18.6. The summed E-state index contributed by atoms with van der Waals surface area (Å²) >= 11 is 0. The molecule has 1 amide bonds. The third-order valence-electron chi connectivity index (χ3n) is 1.44. The number of carboxylic acids is 2. The number of hydrogen-bond acceptors (Lipinski definition) is 5. The minimum atomic E-state index is -1.66. The fraction of sp³-hybridized carbons (Fsp3) is 0.500. The van der Waals surface area contributed by atoms with E-state index in [1.807, 2.05) is 0 Å². The van der Waals surface area contributed by atoms with Gasteiger partial charge < -0.3 is 20.3 Å². The van der Waals surface area contributed by atoms with Crippen LogP contribution >= 0.6 is 0 Å². The first kappa shape index (κ1) is 13.9. The topological polar surface area (TPSA) is 130 Å². The zero-order valence-electron chi connectivity index (χ0n) is 8.43. The van der Waals surface area contributed by atoms with Gasteiger partial charge >= 0.3 is 23.8 Å². The van der Waals surface area contributed by atoms with Crippen LogP contribution in [-0.2, 0) is 23.9 Å². The van der Waals surface area contributed by atoms with Crippen molar-refractivity contribution in [3.05, 3.63) is 0 Å². The summed E-state index contributed by atoms with van der Waals surface area (Å²) < 4.78 is 4.30. The second kappa shape index (κ2) is 6.38. The van der Waals surface area contributed by atoms with Gasteiger partial charge in [-0.15, -0.1) is 0 Å². The minimum Gasteiger partial charge on any atom is -0.481 e. The lowest BCUT2D eigenvalue weighted by molar-refractivity contribution is -0.156. The van der Waals surface area contributed by atoms with E-state index in [4.69, 9.17) is 10.2 Å². The summed E-state index contributed by atoms with van der Waals surface area (Å²) in [6.45, 7) is 1.43. The molecule has 3 N–H and O–H groups in total. The molecule has 0 saturated heterocycles. The summed E-state index contributed by atoms with van der Waals surface area (Å²) in [6, 6.07) is -1.66.